The third-order valence-corrected chi connectivity index (χ3v) is 3.09. The normalized spacial score (nSPS) is 15.4. The summed E-state index contributed by atoms with van der Waals surface area (Å²) in [5.41, 5.74) is -0.568. The molecule has 0 spiro atoms. The summed E-state index contributed by atoms with van der Waals surface area (Å²) in [6.07, 6.45) is 4.52. The molecule has 0 saturated heterocycles. The fourth-order valence-electron chi connectivity index (χ4n) is 1.91. The minimum Gasteiger partial charge on any atom is -0.350 e. The second-order valence-electron chi connectivity index (χ2n) is 4.94. The number of nitrogens with zero attached hydrogens (tertiary/aromatic N) is 4. The molecule has 0 fully saturated rings. The SMILES string of the molecule is C#CCCC1(CCNC(=O)c2cn(CC(F)(F)F)cn2)N=N1. The summed E-state index contributed by atoms with van der Waals surface area (Å²) in [5, 5.41) is 10.4. The molecule has 0 bridgehead atoms. The van der Waals surface area contributed by atoms with Crippen molar-refractivity contribution < 1.29 is 18.0 Å². The van der Waals surface area contributed by atoms with Crippen LogP contribution in [0.25, 0.3) is 0 Å². The molecule has 9 heteroatoms. The van der Waals surface area contributed by atoms with Crippen LogP contribution in [0.5, 0.6) is 0 Å². The first-order valence-electron chi connectivity index (χ1n) is 6.58. The van der Waals surface area contributed by atoms with E-state index in [-0.39, 0.29) is 5.69 Å². The Morgan fingerprint density at radius 2 is 2.14 bits per heavy atom. The Morgan fingerprint density at radius 3 is 2.73 bits per heavy atom. The van der Waals surface area contributed by atoms with Crippen LogP contribution in [0.15, 0.2) is 22.8 Å². The summed E-state index contributed by atoms with van der Waals surface area (Å²) in [6, 6.07) is 0. The van der Waals surface area contributed by atoms with E-state index in [2.05, 4.69) is 26.4 Å². The number of nitrogens with one attached hydrogen (secondary N) is 1. The van der Waals surface area contributed by atoms with Crippen LogP contribution in [0, 0.1) is 12.3 Å². The molecule has 0 aliphatic carbocycles. The van der Waals surface area contributed by atoms with Crippen LogP contribution in [0.4, 0.5) is 13.2 Å². The Balaban J connectivity index is 1.77. The lowest BCUT2D eigenvalue weighted by Gasteiger charge is -2.09. The molecule has 118 valence electrons. The Bertz CT molecular complexity index is 608. The van der Waals surface area contributed by atoms with E-state index < -0.39 is 24.3 Å². The second-order valence-corrected chi connectivity index (χ2v) is 4.94. The molecule has 1 N–H and O–H groups in total. The molecular weight excluding hydrogens is 299 g/mol. The van der Waals surface area contributed by atoms with E-state index in [1.165, 1.54) is 0 Å². The van der Waals surface area contributed by atoms with Crippen LogP contribution in [0.2, 0.25) is 0 Å². The summed E-state index contributed by atoms with van der Waals surface area (Å²) < 4.78 is 37.4. The summed E-state index contributed by atoms with van der Waals surface area (Å²) >= 11 is 0. The Labute approximate surface area is 124 Å². The van der Waals surface area contributed by atoms with Gasteiger partial charge < -0.3 is 9.88 Å². The summed E-state index contributed by atoms with van der Waals surface area (Å²) in [4.78, 5) is 15.4. The van der Waals surface area contributed by atoms with E-state index >= 15 is 0 Å². The van der Waals surface area contributed by atoms with Crippen molar-refractivity contribution in [2.75, 3.05) is 6.54 Å². The van der Waals surface area contributed by atoms with Crippen LogP contribution in [0.3, 0.4) is 0 Å². The molecule has 6 nitrogen and oxygen atoms in total. The predicted octanol–water partition coefficient (Wildman–Crippen LogP) is 2.14. The van der Waals surface area contributed by atoms with Gasteiger partial charge in [-0.1, -0.05) is 0 Å². The number of carbonyl (C=O) groups excluding carboxylic acids is 1. The number of alkyl halides is 3. The van der Waals surface area contributed by atoms with Crippen molar-refractivity contribution >= 4 is 5.91 Å². The first-order chi connectivity index (χ1) is 10.3. The van der Waals surface area contributed by atoms with Gasteiger partial charge in [0.1, 0.15) is 12.2 Å². The van der Waals surface area contributed by atoms with E-state index in [1.807, 2.05) is 0 Å². The van der Waals surface area contributed by atoms with Gasteiger partial charge in [0.15, 0.2) is 5.66 Å². The van der Waals surface area contributed by atoms with Crippen molar-refractivity contribution in [2.45, 2.75) is 37.6 Å². The minimum absolute atomic E-state index is 0.0633. The van der Waals surface area contributed by atoms with Crippen molar-refractivity contribution in [1.29, 1.82) is 0 Å². The smallest absolute Gasteiger partial charge is 0.350 e. The molecule has 22 heavy (non-hydrogen) atoms. The highest BCUT2D eigenvalue weighted by Crippen LogP contribution is 2.36. The molecule has 1 aliphatic heterocycles. The fourth-order valence-corrected chi connectivity index (χ4v) is 1.91. The van der Waals surface area contributed by atoms with Gasteiger partial charge in [-0.15, -0.1) is 12.3 Å². The zero-order valence-electron chi connectivity index (χ0n) is 11.6. The third kappa shape index (κ3) is 4.58. The average molecular weight is 313 g/mol. The number of terminal acetylenes is 1. The number of carbonyl (C=O) groups is 1. The van der Waals surface area contributed by atoms with Gasteiger partial charge in [0.25, 0.3) is 5.91 Å². The lowest BCUT2D eigenvalue weighted by molar-refractivity contribution is -0.140. The average Bonchev–Trinajstić information content (AvgIpc) is 3.05. The predicted molar refractivity (Wildman–Crippen MR) is 70.9 cm³/mol. The molecule has 0 aromatic carbocycles. The summed E-state index contributed by atoms with van der Waals surface area (Å²) in [7, 11) is 0. The van der Waals surface area contributed by atoms with Gasteiger partial charge in [0.05, 0.1) is 6.33 Å². The van der Waals surface area contributed by atoms with Crippen LogP contribution in [-0.4, -0.2) is 33.8 Å². The molecule has 0 radical (unpaired) electrons. The third-order valence-electron chi connectivity index (χ3n) is 3.09. The number of hydrogen-bond donors (Lipinski definition) is 1. The number of amides is 1. The highest BCUT2D eigenvalue weighted by Gasteiger charge is 2.38. The quantitative estimate of drug-likeness (QED) is 0.783. The van der Waals surface area contributed by atoms with Gasteiger partial charge in [-0.05, 0) is 0 Å². The van der Waals surface area contributed by atoms with Crippen molar-refractivity contribution in [3.05, 3.63) is 18.2 Å². The Morgan fingerprint density at radius 1 is 1.41 bits per heavy atom. The van der Waals surface area contributed by atoms with Gasteiger partial charge >= 0.3 is 6.18 Å². The van der Waals surface area contributed by atoms with Crippen molar-refractivity contribution in [2.24, 2.45) is 10.2 Å². The zero-order valence-corrected chi connectivity index (χ0v) is 11.6. The molecular formula is C13H14F3N5O. The van der Waals surface area contributed by atoms with Crippen molar-refractivity contribution in [1.82, 2.24) is 14.9 Å². The first kappa shape index (κ1) is 16.0. The van der Waals surface area contributed by atoms with Crippen molar-refractivity contribution in [3.8, 4) is 12.3 Å². The maximum absolute atomic E-state index is 12.2. The van der Waals surface area contributed by atoms with Crippen molar-refractivity contribution in [3.63, 3.8) is 0 Å². The molecule has 1 aliphatic rings. The van der Waals surface area contributed by atoms with Crippen LogP contribution >= 0.6 is 0 Å². The molecule has 0 unspecified atom stereocenters. The number of rotatable bonds is 7. The molecule has 2 rings (SSSR count). The van der Waals surface area contributed by atoms with Gasteiger partial charge in [-0.3, -0.25) is 4.79 Å². The largest absolute Gasteiger partial charge is 0.406 e. The van der Waals surface area contributed by atoms with E-state index in [1.54, 1.807) is 0 Å². The lowest BCUT2D eigenvalue weighted by Crippen LogP contribution is -2.28. The molecule has 1 aromatic rings. The van der Waals surface area contributed by atoms with Gasteiger partial charge in [-0.2, -0.15) is 23.4 Å². The molecule has 0 saturated carbocycles. The molecule has 1 amide bonds. The van der Waals surface area contributed by atoms with Crippen LogP contribution < -0.4 is 5.32 Å². The molecule has 2 heterocycles. The van der Waals surface area contributed by atoms with E-state index in [0.717, 1.165) is 17.1 Å². The first-order valence-corrected chi connectivity index (χ1v) is 6.58. The highest BCUT2D eigenvalue weighted by molar-refractivity contribution is 5.91. The van der Waals surface area contributed by atoms with Crippen LogP contribution in [0.1, 0.15) is 29.8 Å². The van der Waals surface area contributed by atoms with Gasteiger partial charge in [0, 0.05) is 32.0 Å². The second kappa shape index (κ2) is 6.17. The topological polar surface area (TPSA) is 71.6 Å². The van der Waals surface area contributed by atoms with E-state index in [0.29, 0.717) is 25.8 Å². The fraction of sp³-hybridized carbons (Fsp3) is 0.538. The number of hydrogen-bond acceptors (Lipinski definition) is 4. The Kier molecular flexibility index (Phi) is 4.49. The number of aromatic nitrogens is 2. The van der Waals surface area contributed by atoms with Gasteiger partial charge in [0.2, 0.25) is 0 Å². The molecule has 0 atom stereocenters. The minimum atomic E-state index is -4.35. The van der Waals surface area contributed by atoms with Gasteiger partial charge in [-0.25, -0.2) is 4.98 Å². The summed E-state index contributed by atoms with van der Waals surface area (Å²) in [6.45, 7) is -0.886. The maximum Gasteiger partial charge on any atom is 0.406 e. The lowest BCUT2D eigenvalue weighted by atomic mass is 10.0. The maximum atomic E-state index is 12.2. The number of halogens is 3. The van der Waals surface area contributed by atoms with Crippen LogP contribution in [-0.2, 0) is 6.54 Å². The Hall–Kier alpha value is -2.37. The summed E-state index contributed by atoms with van der Waals surface area (Å²) in [5.74, 6) is 1.96. The molecule has 1 aromatic heterocycles. The standard InChI is InChI=1S/C13H14F3N5O/c1-2-3-4-12(19-20-12)5-6-17-11(22)10-7-21(9-18-10)8-13(14,15)16/h1,7,9H,3-6,8H2,(H,17,22). The highest BCUT2D eigenvalue weighted by atomic mass is 19.4. The van der Waals surface area contributed by atoms with E-state index in [4.69, 9.17) is 6.42 Å². The zero-order chi connectivity index (χ0) is 16.2. The number of imidazole rings is 1. The monoisotopic (exact) mass is 313 g/mol. The van der Waals surface area contributed by atoms with E-state index in [9.17, 15) is 18.0 Å².